The summed E-state index contributed by atoms with van der Waals surface area (Å²) in [4.78, 5) is 11.2. The topological polar surface area (TPSA) is 29.1 Å². The fourth-order valence-corrected chi connectivity index (χ4v) is 1.01. The van der Waals surface area contributed by atoms with Gasteiger partial charge in [0, 0.05) is 0 Å². The third-order valence-electron chi connectivity index (χ3n) is 1.42. The maximum Gasteiger partial charge on any atom is 0.272 e. The lowest BCUT2D eigenvalue weighted by molar-refractivity contribution is -0.120. The Balaban J connectivity index is 4.30. The Morgan fingerprint density at radius 2 is 2.14 bits per heavy atom. The molecule has 1 amide bonds. The van der Waals surface area contributed by atoms with Gasteiger partial charge in [0.25, 0.3) is 9.70 Å². The van der Waals surface area contributed by atoms with E-state index >= 15 is 0 Å². The van der Waals surface area contributed by atoms with Gasteiger partial charge in [0.1, 0.15) is 0 Å². The molecule has 0 aromatic rings. The first-order chi connectivity index (χ1) is 6.41. The molecular weight excluding hydrogens is 244 g/mol. The second-order valence-corrected chi connectivity index (χ2v) is 4.91. The standard InChI is InChI=1S/C9H12Cl3NO/c1-3-5-7(6-4-2)13-8(14)9(10,11)12/h3-4,6-7H,1,5H2,2H3,(H,13,14)/b6-4+. The lowest BCUT2D eigenvalue weighted by Crippen LogP contribution is -2.40. The highest BCUT2D eigenvalue weighted by molar-refractivity contribution is 6.76. The van der Waals surface area contributed by atoms with Crippen molar-refractivity contribution >= 4 is 40.7 Å². The first-order valence-electron chi connectivity index (χ1n) is 4.03. The van der Waals surface area contributed by atoms with Gasteiger partial charge in [-0.15, -0.1) is 6.58 Å². The van der Waals surface area contributed by atoms with Gasteiger partial charge in [0.15, 0.2) is 0 Å². The van der Waals surface area contributed by atoms with E-state index in [4.69, 9.17) is 34.8 Å². The molecule has 0 radical (unpaired) electrons. The molecule has 0 aromatic carbocycles. The fraction of sp³-hybridized carbons (Fsp3) is 0.444. The fourth-order valence-electron chi connectivity index (χ4n) is 0.848. The highest BCUT2D eigenvalue weighted by Crippen LogP contribution is 2.26. The van der Waals surface area contributed by atoms with E-state index < -0.39 is 9.70 Å². The first kappa shape index (κ1) is 13.8. The van der Waals surface area contributed by atoms with Crippen molar-refractivity contribution in [3.8, 4) is 0 Å². The molecule has 1 N–H and O–H groups in total. The van der Waals surface area contributed by atoms with E-state index in [0.717, 1.165) is 0 Å². The second-order valence-electron chi connectivity index (χ2n) is 2.63. The van der Waals surface area contributed by atoms with Gasteiger partial charge in [-0.1, -0.05) is 53.0 Å². The van der Waals surface area contributed by atoms with Crippen LogP contribution in [0.15, 0.2) is 24.8 Å². The number of rotatable bonds is 4. The Labute approximate surface area is 98.9 Å². The third kappa shape index (κ3) is 5.53. The van der Waals surface area contributed by atoms with E-state index in [1.54, 1.807) is 12.2 Å². The molecule has 1 unspecified atom stereocenters. The summed E-state index contributed by atoms with van der Waals surface area (Å²) in [5, 5.41) is 2.57. The Morgan fingerprint density at radius 1 is 1.57 bits per heavy atom. The Hall–Kier alpha value is -0.180. The van der Waals surface area contributed by atoms with Crippen LogP contribution in [0.3, 0.4) is 0 Å². The average Bonchev–Trinajstić information content (AvgIpc) is 2.03. The molecule has 0 saturated heterocycles. The number of carbonyl (C=O) groups excluding carboxylic acids is 1. The minimum absolute atomic E-state index is 0.180. The minimum Gasteiger partial charge on any atom is -0.346 e. The van der Waals surface area contributed by atoms with Gasteiger partial charge in [-0.25, -0.2) is 0 Å². The SMILES string of the molecule is C=CCC(/C=C/C)NC(=O)C(Cl)(Cl)Cl. The number of nitrogens with one attached hydrogen (secondary N) is 1. The average molecular weight is 257 g/mol. The van der Waals surface area contributed by atoms with Crippen molar-refractivity contribution in [2.24, 2.45) is 0 Å². The van der Waals surface area contributed by atoms with Crippen molar-refractivity contribution in [1.82, 2.24) is 5.32 Å². The van der Waals surface area contributed by atoms with Gasteiger partial charge in [0.05, 0.1) is 6.04 Å². The van der Waals surface area contributed by atoms with Gasteiger partial charge in [-0.3, -0.25) is 4.79 Å². The molecule has 0 rings (SSSR count). The molecule has 0 aliphatic rings. The molecule has 0 aliphatic carbocycles. The molecule has 80 valence electrons. The van der Waals surface area contributed by atoms with E-state index in [9.17, 15) is 4.79 Å². The summed E-state index contributed by atoms with van der Waals surface area (Å²) >= 11 is 16.2. The molecule has 0 aliphatic heterocycles. The van der Waals surface area contributed by atoms with Crippen LogP contribution < -0.4 is 5.32 Å². The monoisotopic (exact) mass is 255 g/mol. The summed E-state index contributed by atoms with van der Waals surface area (Å²) in [6.07, 6.45) is 5.89. The molecule has 0 fully saturated rings. The van der Waals surface area contributed by atoms with Crippen molar-refractivity contribution in [3.63, 3.8) is 0 Å². The lowest BCUT2D eigenvalue weighted by atomic mass is 10.2. The number of allylic oxidation sites excluding steroid dienone is 1. The van der Waals surface area contributed by atoms with Gasteiger partial charge in [0.2, 0.25) is 0 Å². The van der Waals surface area contributed by atoms with Crippen molar-refractivity contribution in [3.05, 3.63) is 24.8 Å². The van der Waals surface area contributed by atoms with E-state index in [-0.39, 0.29) is 6.04 Å². The van der Waals surface area contributed by atoms with Crippen molar-refractivity contribution in [2.45, 2.75) is 23.2 Å². The summed E-state index contributed by atoms with van der Waals surface area (Å²) in [5.41, 5.74) is 0. The number of halogens is 3. The van der Waals surface area contributed by atoms with Crippen LogP contribution in [-0.4, -0.2) is 15.7 Å². The largest absolute Gasteiger partial charge is 0.346 e. The number of hydrogen-bond donors (Lipinski definition) is 1. The number of carbonyl (C=O) groups is 1. The van der Waals surface area contributed by atoms with Crippen molar-refractivity contribution < 1.29 is 4.79 Å². The maximum atomic E-state index is 11.2. The Kier molecular flexibility index (Phi) is 6.25. The maximum absolute atomic E-state index is 11.2. The van der Waals surface area contributed by atoms with Crippen LogP contribution in [0.25, 0.3) is 0 Å². The van der Waals surface area contributed by atoms with Crippen LogP contribution in [0.1, 0.15) is 13.3 Å². The molecule has 0 bridgehead atoms. The second kappa shape index (κ2) is 6.33. The zero-order valence-corrected chi connectivity index (χ0v) is 10.0. The molecule has 1 atom stereocenters. The summed E-state index contributed by atoms with van der Waals surface area (Å²) in [7, 11) is 0. The summed E-state index contributed by atoms with van der Waals surface area (Å²) in [6.45, 7) is 5.41. The number of alkyl halides is 3. The van der Waals surface area contributed by atoms with E-state index in [0.29, 0.717) is 6.42 Å². The Bertz CT molecular complexity index is 233. The van der Waals surface area contributed by atoms with Crippen LogP contribution in [-0.2, 0) is 4.79 Å². The van der Waals surface area contributed by atoms with Gasteiger partial charge in [-0.05, 0) is 13.3 Å². The van der Waals surface area contributed by atoms with Crippen LogP contribution in [0.2, 0.25) is 0 Å². The van der Waals surface area contributed by atoms with Gasteiger partial charge in [-0.2, -0.15) is 0 Å². The van der Waals surface area contributed by atoms with Crippen molar-refractivity contribution in [1.29, 1.82) is 0 Å². The molecule has 0 aromatic heterocycles. The summed E-state index contributed by atoms with van der Waals surface area (Å²) in [6, 6.07) is -0.180. The molecular formula is C9H12Cl3NO. The van der Waals surface area contributed by atoms with Gasteiger partial charge >= 0.3 is 0 Å². The zero-order valence-electron chi connectivity index (χ0n) is 7.77. The van der Waals surface area contributed by atoms with Crippen LogP contribution in [0.4, 0.5) is 0 Å². The molecule has 0 spiro atoms. The smallest absolute Gasteiger partial charge is 0.272 e. The molecule has 0 saturated carbocycles. The predicted molar refractivity (Wildman–Crippen MR) is 61.8 cm³/mol. The lowest BCUT2D eigenvalue weighted by Gasteiger charge is -2.16. The zero-order chi connectivity index (χ0) is 11.2. The number of hydrogen-bond acceptors (Lipinski definition) is 1. The first-order valence-corrected chi connectivity index (χ1v) is 5.16. The molecule has 14 heavy (non-hydrogen) atoms. The van der Waals surface area contributed by atoms with Crippen molar-refractivity contribution in [2.75, 3.05) is 0 Å². The van der Waals surface area contributed by atoms with E-state index in [1.807, 2.05) is 13.0 Å². The quantitative estimate of drug-likeness (QED) is 0.608. The summed E-state index contributed by atoms with van der Waals surface area (Å²) in [5.74, 6) is -0.632. The van der Waals surface area contributed by atoms with E-state index in [1.165, 1.54) is 0 Å². The van der Waals surface area contributed by atoms with E-state index in [2.05, 4.69) is 11.9 Å². The Morgan fingerprint density at radius 3 is 2.50 bits per heavy atom. The molecule has 5 heteroatoms. The molecule has 2 nitrogen and oxygen atoms in total. The highest BCUT2D eigenvalue weighted by atomic mass is 35.6. The van der Waals surface area contributed by atoms with Crippen LogP contribution in [0, 0.1) is 0 Å². The summed E-state index contributed by atoms with van der Waals surface area (Å²) < 4.78 is -1.92. The van der Waals surface area contributed by atoms with Gasteiger partial charge < -0.3 is 5.32 Å². The van der Waals surface area contributed by atoms with Crippen LogP contribution >= 0.6 is 34.8 Å². The highest BCUT2D eigenvalue weighted by Gasteiger charge is 2.31. The molecule has 0 heterocycles. The third-order valence-corrected chi connectivity index (χ3v) is 1.93. The number of amides is 1. The normalized spacial score (nSPS) is 14.0. The van der Waals surface area contributed by atoms with Crippen LogP contribution in [0.5, 0.6) is 0 Å². The predicted octanol–water partition coefficient (Wildman–Crippen LogP) is 2.99. The minimum atomic E-state index is -1.92.